The SMILES string of the molecule is COCCN(C(C)C)S(=O)(=O)c1cncc(Br)c1. The second-order valence-electron chi connectivity index (χ2n) is 4.04. The predicted molar refractivity (Wildman–Crippen MR) is 72.8 cm³/mol. The van der Waals surface area contributed by atoms with Crippen LogP contribution in [0.3, 0.4) is 0 Å². The van der Waals surface area contributed by atoms with Crippen LogP contribution in [-0.2, 0) is 14.8 Å². The molecule has 0 spiro atoms. The molecule has 102 valence electrons. The number of rotatable bonds is 6. The van der Waals surface area contributed by atoms with Crippen molar-refractivity contribution >= 4 is 26.0 Å². The van der Waals surface area contributed by atoms with Gasteiger partial charge in [0.1, 0.15) is 4.90 Å². The third-order valence-electron chi connectivity index (χ3n) is 2.38. The van der Waals surface area contributed by atoms with Gasteiger partial charge in [-0.25, -0.2) is 8.42 Å². The molecule has 0 aliphatic heterocycles. The molecule has 7 heteroatoms. The molecule has 1 aromatic rings. The van der Waals surface area contributed by atoms with Crippen molar-refractivity contribution in [3.8, 4) is 0 Å². The van der Waals surface area contributed by atoms with Crippen LogP contribution in [0.15, 0.2) is 27.8 Å². The summed E-state index contributed by atoms with van der Waals surface area (Å²) in [6, 6.07) is 1.41. The number of aromatic nitrogens is 1. The molecule has 0 N–H and O–H groups in total. The number of ether oxygens (including phenoxy) is 1. The summed E-state index contributed by atoms with van der Waals surface area (Å²) in [5.41, 5.74) is 0. The van der Waals surface area contributed by atoms with Crippen LogP contribution in [0.1, 0.15) is 13.8 Å². The number of sulfonamides is 1. The molecule has 0 atom stereocenters. The normalized spacial score (nSPS) is 12.3. The second kappa shape index (κ2) is 6.60. The number of hydrogen-bond donors (Lipinski definition) is 0. The first-order chi connectivity index (χ1) is 8.39. The Balaban J connectivity index is 3.09. The van der Waals surface area contributed by atoms with Crippen molar-refractivity contribution in [3.05, 3.63) is 22.9 Å². The molecule has 0 amide bonds. The van der Waals surface area contributed by atoms with E-state index in [0.717, 1.165) is 0 Å². The largest absolute Gasteiger partial charge is 0.383 e. The Labute approximate surface area is 116 Å². The van der Waals surface area contributed by atoms with Gasteiger partial charge in [-0.05, 0) is 35.8 Å². The van der Waals surface area contributed by atoms with E-state index in [9.17, 15) is 8.42 Å². The Hall–Kier alpha value is -0.500. The van der Waals surface area contributed by atoms with Gasteiger partial charge in [0.25, 0.3) is 0 Å². The molecular formula is C11H17BrN2O3S. The number of halogens is 1. The Morgan fingerprint density at radius 2 is 2.11 bits per heavy atom. The van der Waals surface area contributed by atoms with Gasteiger partial charge in [0.05, 0.1) is 6.61 Å². The maximum absolute atomic E-state index is 12.4. The van der Waals surface area contributed by atoms with Gasteiger partial charge in [-0.15, -0.1) is 0 Å². The minimum absolute atomic E-state index is 0.135. The summed E-state index contributed by atoms with van der Waals surface area (Å²) in [5.74, 6) is 0. The van der Waals surface area contributed by atoms with Crippen molar-refractivity contribution in [1.29, 1.82) is 0 Å². The van der Waals surface area contributed by atoms with Crippen LogP contribution in [0.25, 0.3) is 0 Å². The summed E-state index contributed by atoms with van der Waals surface area (Å²) in [4.78, 5) is 4.07. The van der Waals surface area contributed by atoms with Crippen molar-refractivity contribution in [1.82, 2.24) is 9.29 Å². The zero-order chi connectivity index (χ0) is 13.8. The maximum Gasteiger partial charge on any atom is 0.244 e. The lowest BCUT2D eigenvalue weighted by atomic mass is 10.4. The van der Waals surface area contributed by atoms with Gasteiger partial charge in [0.15, 0.2) is 0 Å². The fourth-order valence-electron chi connectivity index (χ4n) is 1.51. The lowest BCUT2D eigenvalue weighted by Crippen LogP contribution is -2.39. The molecule has 0 bridgehead atoms. The molecule has 0 fully saturated rings. The van der Waals surface area contributed by atoms with E-state index < -0.39 is 10.0 Å². The molecule has 1 rings (SSSR count). The molecule has 0 saturated carbocycles. The smallest absolute Gasteiger partial charge is 0.244 e. The minimum atomic E-state index is -3.53. The van der Waals surface area contributed by atoms with Crippen LogP contribution < -0.4 is 0 Å². The van der Waals surface area contributed by atoms with Crippen molar-refractivity contribution in [3.63, 3.8) is 0 Å². The van der Waals surface area contributed by atoms with E-state index in [4.69, 9.17) is 4.74 Å². The fourth-order valence-corrected chi connectivity index (χ4v) is 3.63. The highest BCUT2D eigenvalue weighted by Gasteiger charge is 2.27. The van der Waals surface area contributed by atoms with Crippen molar-refractivity contribution in [2.75, 3.05) is 20.3 Å². The average Bonchev–Trinajstić information content (AvgIpc) is 2.28. The van der Waals surface area contributed by atoms with E-state index in [-0.39, 0.29) is 10.9 Å². The molecule has 0 unspecified atom stereocenters. The highest BCUT2D eigenvalue weighted by Crippen LogP contribution is 2.20. The molecule has 1 aromatic heterocycles. The monoisotopic (exact) mass is 336 g/mol. The molecule has 1 heterocycles. The minimum Gasteiger partial charge on any atom is -0.383 e. The highest BCUT2D eigenvalue weighted by molar-refractivity contribution is 9.10. The summed E-state index contributed by atoms with van der Waals surface area (Å²) in [5, 5.41) is 0. The second-order valence-corrected chi connectivity index (χ2v) is 6.85. The van der Waals surface area contributed by atoms with E-state index >= 15 is 0 Å². The van der Waals surface area contributed by atoms with Gasteiger partial charge in [-0.1, -0.05) is 0 Å². The van der Waals surface area contributed by atoms with Gasteiger partial charge >= 0.3 is 0 Å². The number of nitrogens with zero attached hydrogens (tertiary/aromatic N) is 2. The highest BCUT2D eigenvalue weighted by atomic mass is 79.9. The third-order valence-corrected chi connectivity index (χ3v) is 4.85. The topological polar surface area (TPSA) is 59.5 Å². The first-order valence-corrected chi connectivity index (χ1v) is 7.74. The van der Waals surface area contributed by atoms with Gasteiger partial charge in [0.2, 0.25) is 10.0 Å². The van der Waals surface area contributed by atoms with Crippen LogP contribution in [0.4, 0.5) is 0 Å². The van der Waals surface area contributed by atoms with Crippen molar-refractivity contribution < 1.29 is 13.2 Å². The zero-order valence-electron chi connectivity index (χ0n) is 10.6. The Kier molecular flexibility index (Phi) is 5.71. The van der Waals surface area contributed by atoms with Gasteiger partial charge in [0, 0.05) is 36.6 Å². The van der Waals surface area contributed by atoms with Gasteiger partial charge in [-0.3, -0.25) is 4.98 Å². The summed E-state index contributed by atoms with van der Waals surface area (Å²) in [6.07, 6.45) is 2.90. The quantitative estimate of drug-likeness (QED) is 0.795. The van der Waals surface area contributed by atoms with Crippen molar-refractivity contribution in [2.45, 2.75) is 24.8 Å². The first kappa shape index (κ1) is 15.6. The van der Waals surface area contributed by atoms with Crippen LogP contribution in [0.2, 0.25) is 0 Å². The summed E-state index contributed by atoms with van der Waals surface area (Å²) >= 11 is 3.22. The maximum atomic E-state index is 12.4. The van der Waals surface area contributed by atoms with Crippen LogP contribution in [0.5, 0.6) is 0 Å². The molecule has 0 saturated heterocycles. The van der Waals surface area contributed by atoms with Gasteiger partial charge < -0.3 is 4.74 Å². The van der Waals surface area contributed by atoms with E-state index in [0.29, 0.717) is 17.6 Å². The number of pyridine rings is 1. The fraction of sp³-hybridized carbons (Fsp3) is 0.545. The van der Waals surface area contributed by atoms with E-state index in [1.165, 1.54) is 10.5 Å². The Bertz CT molecular complexity index is 491. The Morgan fingerprint density at radius 3 is 2.61 bits per heavy atom. The third kappa shape index (κ3) is 3.74. The van der Waals surface area contributed by atoms with E-state index in [1.54, 1.807) is 19.4 Å². The first-order valence-electron chi connectivity index (χ1n) is 5.51. The molecule has 18 heavy (non-hydrogen) atoms. The molecule has 5 nitrogen and oxygen atoms in total. The predicted octanol–water partition coefficient (Wildman–Crippen LogP) is 1.89. The van der Waals surface area contributed by atoms with Gasteiger partial charge in [-0.2, -0.15) is 4.31 Å². The summed E-state index contributed by atoms with van der Waals surface area (Å²) in [7, 11) is -1.99. The zero-order valence-corrected chi connectivity index (χ0v) is 13.0. The Morgan fingerprint density at radius 1 is 1.44 bits per heavy atom. The molecular weight excluding hydrogens is 320 g/mol. The van der Waals surface area contributed by atoms with E-state index in [2.05, 4.69) is 20.9 Å². The molecule has 0 aliphatic carbocycles. The van der Waals surface area contributed by atoms with E-state index in [1.807, 2.05) is 13.8 Å². The average molecular weight is 337 g/mol. The lowest BCUT2D eigenvalue weighted by Gasteiger charge is -2.25. The summed E-state index contributed by atoms with van der Waals surface area (Å²) in [6.45, 7) is 4.35. The summed E-state index contributed by atoms with van der Waals surface area (Å²) < 4.78 is 31.9. The lowest BCUT2D eigenvalue weighted by molar-refractivity contribution is 0.171. The molecule has 0 aromatic carbocycles. The van der Waals surface area contributed by atoms with Crippen molar-refractivity contribution in [2.24, 2.45) is 0 Å². The molecule has 0 radical (unpaired) electrons. The molecule has 0 aliphatic rings. The number of hydrogen-bond acceptors (Lipinski definition) is 4. The standard InChI is InChI=1S/C11H17BrN2O3S/c1-9(2)14(4-5-17-3)18(15,16)11-6-10(12)7-13-8-11/h6-9H,4-5H2,1-3H3. The van der Waals surface area contributed by atoms with Crippen LogP contribution in [-0.4, -0.2) is 44.0 Å². The van der Waals surface area contributed by atoms with Crippen LogP contribution in [0, 0.1) is 0 Å². The number of methoxy groups -OCH3 is 1. The van der Waals surface area contributed by atoms with Crippen LogP contribution >= 0.6 is 15.9 Å².